The Morgan fingerprint density at radius 2 is 1.71 bits per heavy atom. The van der Waals surface area contributed by atoms with Gasteiger partial charge in [0.25, 0.3) is 0 Å². The fourth-order valence-corrected chi connectivity index (χ4v) is 5.95. The van der Waals surface area contributed by atoms with E-state index in [-0.39, 0.29) is 22.9 Å². The number of rotatable bonds is 6. The van der Waals surface area contributed by atoms with Gasteiger partial charge in [-0.05, 0) is 63.5 Å². The number of aliphatic hydroxyl groups is 1. The van der Waals surface area contributed by atoms with Gasteiger partial charge in [-0.2, -0.15) is 0 Å². The number of nitrogens with zero attached hydrogens (tertiary/aromatic N) is 3. The number of fused-ring (bicyclic) bond motifs is 3. The summed E-state index contributed by atoms with van der Waals surface area (Å²) in [5.74, 6) is 4.69. The van der Waals surface area contributed by atoms with Crippen molar-refractivity contribution in [2.24, 2.45) is 23.4 Å². The minimum Gasteiger partial charge on any atom is -0.401 e. The number of pyridine rings is 1. The molecule has 2 fully saturated rings. The number of benzene rings is 2. The molecule has 3 heterocycles. The molecular formula is C32H39F2N5O2. The predicted octanol–water partition coefficient (Wildman–Crippen LogP) is 5.65. The summed E-state index contributed by atoms with van der Waals surface area (Å²) in [5.41, 5.74) is 7.51. The maximum absolute atomic E-state index is 16.3. The average molecular weight is 564 g/mol. The fraction of sp³-hybridized carbons (Fsp3) is 0.406. The molecule has 0 spiro atoms. The second kappa shape index (κ2) is 11.8. The molecule has 0 amide bonds. The normalized spacial score (nSPS) is 18.0. The summed E-state index contributed by atoms with van der Waals surface area (Å²) in [5, 5.41) is 12.9. The van der Waals surface area contributed by atoms with Crippen LogP contribution in [0.5, 0.6) is 0 Å². The van der Waals surface area contributed by atoms with Gasteiger partial charge in [-0.3, -0.25) is 4.98 Å². The summed E-state index contributed by atoms with van der Waals surface area (Å²) in [6.07, 6.45) is 4.82. The molecular weight excluding hydrogens is 524 g/mol. The molecule has 2 aliphatic rings. The molecule has 1 unspecified atom stereocenters. The lowest BCUT2D eigenvalue weighted by Gasteiger charge is -2.26. The fourth-order valence-electron chi connectivity index (χ4n) is 5.95. The lowest BCUT2D eigenvalue weighted by Crippen LogP contribution is -2.27. The number of hydrogen-bond donors (Lipinski definition) is 3. The lowest BCUT2D eigenvalue weighted by molar-refractivity contribution is 0.0260. The molecule has 218 valence electrons. The highest BCUT2D eigenvalue weighted by Gasteiger charge is 2.45. The highest BCUT2D eigenvalue weighted by atomic mass is 19.1. The summed E-state index contributed by atoms with van der Waals surface area (Å²) >= 11 is 0. The monoisotopic (exact) mass is 563 g/mol. The van der Waals surface area contributed by atoms with Crippen molar-refractivity contribution >= 4 is 27.6 Å². The van der Waals surface area contributed by atoms with Crippen LogP contribution < -0.4 is 11.6 Å². The third kappa shape index (κ3) is 5.80. The van der Waals surface area contributed by atoms with Gasteiger partial charge in [-0.15, -0.1) is 0 Å². The van der Waals surface area contributed by atoms with E-state index >= 15 is 8.78 Å². The standard InChI is InChI=1S/C26H33F2N5O2.C6H6/c1-14(29)24(32(3)30)16-10-20-23(31-12-16)18-11-19(27)21(26(2,34)17-4-5-17)22(28)25(18)33(20)13-15-6-8-35-9-7-15;1-2-4-6-5-3-1/h10-12,15,17,34H,4-9,13,29-30H2,1-3H3;1-6H/b24-14-;. The van der Waals surface area contributed by atoms with Crippen molar-refractivity contribution in [3.63, 3.8) is 0 Å². The molecule has 2 aromatic heterocycles. The van der Waals surface area contributed by atoms with E-state index in [0.717, 1.165) is 25.7 Å². The number of allylic oxidation sites excluding steroid dienone is 1. The predicted molar refractivity (Wildman–Crippen MR) is 158 cm³/mol. The number of ether oxygens (including phenoxy) is 1. The van der Waals surface area contributed by atoms with Gasteiger partial charge in [0.05, 0.1) is 33.4 Å². The highest BCUT2D eigenvalue weighted by Crippen LogP contribution is 2.48. The van der Waals surface area contributed by atoms with E-state index in [0.29, 0.717) is 53.1 Å². The Bertz CT molecular complexity index is 1520. The molecule has 0 radical (unpaired) electrons. The maximum atomic E-state index is 16.3. The van der Waals surface area contributed by atoms with Crippen LogP contribution in [0.15, 0.2) is 60.4 Å². The van der Waals surface area contributed by atoms with E-state index < -0.39 is 17.2 Å². The van der Waals surface area contributed by atoms with Crippen LogP contribution in [0.4, 0.5) is 8.78 Å². The molecule has 2 aromatic carbocycles. The second-order valence-corrected chi connectivity index (χ2v) is 11.4. The minimum atomic E-state index is -1.57. The van der Waals surface area contributed by atoms with Crippen molar-refractivity contribution < 1.29 is 18.6 Å². The molecule has 4 aromatic rings. The molecule has 1 saturated carbocycles. The van der Waals surface area contributed by atoms with Gasteiger partial charge < -0.3 is 25.2 Å². The molecule has 0 bridgehead atoms. The van der Waals surface area contributed by atoms with E-state index in [1.54, 1.807) is 20.2 Å². The Kier molecular flexibility index (Phi) is 8.31. The highest BCUT2D eigenvalue weighted by molar-refractivity contribution is 6.06. The SMILES string of the molecule is C/C(N)=C(\c1cnc2c3cc(F)c(C(C)(O)C4CC4)c(F)c3n(CC3CCOCC3)c2c1)N(C)N.c1ccccc1. The van der Waals surface area contributed by atoms with Crippen LogP contribution in [0.3, 0.4) is 0 Å². The summed E-state index contributed by atoms with van der Waals surface area (Å²) in [6.45, 7) is 5.10. The van der Waals surface area contributed by atoms with E-state index in [1.165, 1.54) is 18.0 Å². The van der Waals surface area contributed by atoms with Gasteiger partial charge in [0.2, 0.25) is 0 Å². The zero-order chi connectivity index (χ0) is 29.3. The van der Waals surface area contributed by atoms with Gasteiger partial charge in [0.1, 0.15) is 5.82 Å². The first kappa shape index (κ1) is 29.0. The molecule has 1 atom stereocenters. The summed E-state index contributed by atoms with van der Waals surface area (Å²) in [6, 6.07) is 15.2. The second-order valence-electron chi connectivity index (χ2n) is 11.4. The zero-order valence-corrected chi connectivity index (χ0v) is 23.9. The van der Waals surface area contributed by atoms with Gasteiger partial charge in [-0.1, -0.05) is 36.4 Å². The van der Waals surface area contributed by atoms with E-state index in [9.17, 15) is 5.11 Å². The first-order chi connectivity index (χ1) is 19.6. The van der Waals surface area contributed by atoms with Crippen LogP contribution in [-0.4, -0.2) is 39.9 Å². The molecule has 1 aliphatic heterocycles. The molecule has 6 rings (SSSR count). The Morgan fingerprint density at radius 1 is 1.10 bits per heavy atom. The van der Waals surface area contributed by atoms with Crippen LogP contribution >= 0.6 is 0 Å². The Labute approximate surface area is 239 Å². The molecule has 41 heavy (non-hydrogen) atoms. The number of hydrazine groups is 1. The van der Waals surface area contributed by atoms with Crippen LogP contribution in [0.2, 0.25) is 0 Å². The largest absolute Gasteiger partial charge is 0.401 e. The van der Waals surface area contributed by atoms with E-state index in [1.807, 2.05) is 47.0 Å². The van der Waals surface area contributed by atoms with E-state index in [2.05, 4.69) is 4.98 Å². The van der Waals surface area contributed by atoms with Crippen LogP contribution in [0, 0.1) is 23.5 Å². The van der Waals surface area contributed by atoms with E-state index in [4.69, 9.17) is 16.3 Å². The Morgan fingerprint density at radius 3 is 2.24 bits per heavy atom. The third-order valence-corrected chi connectivity index (χ3v) is 8.20. The molecule has 1 aliphatic carbocycles. The van der Waals surface area contributed by atoms with Crippen molar-refractivity contribution in [2.75, 3.05) is 20.3 Å². The van der Waals surface area contributed by atoms with Crippen LogP contribution in [0.1, 0.15) is 50.7 Å². The zero-order valence-electron chi connectivity index (χ0n) is 23.9. The number of aromatic nitrogens is 2. The Hall–Kier alpha value is -3.53. The smallest absolute Gasteiger partial charge is 0.156 e. The molecule has 7 nitrogen and oxygen atoms in total. The van der Waals surface area contributed by atoms with Crippen molar-refractivity contribution in [3.8, 4) is 0 Å². The van der Waals surface area contributed by atoms with Gasteiger partial charge in [0, 0.05) is 49.6 Å². The molecule has 9 heteroatoms. The first-order valence-electron chi connectivity index (χ1n) is 14.2. The molecule has 5 N–H and O–H groups in total. The van der Waals surface area contributed by atoms with Crippen LogP contribution in [0.25, 0.3) is 27.6 Å². The van der Waals surface area contributed by atoms with Gasteiger partial charge >= 0.3 is 0 Å². The van der Waals surface area contributed by atoms with Gasteiger partial charge in [0.15, 0.2) is 5.82 Å². The Balaban J connectivity index is 0.000000500. The maximum Gasteiger partial charge on any atom is 0.156 e. The van der Waals surface area contributed by atoms with Crippen molar-refractivity contribution in [3.05, 3.63) is 83.2 Å². The van der Waals surface area contributed by atoms with Crippen molar-refractivity contribution in [2.45, 2.75) is 51.7 Å². The number of halogens is 2. The van der Waals surface area contributed by atoms with Crippen molar-refractivity contribution in [1.82, 2.24) is 14.6 Å². The van der Waals surface area contributed by atoms with Gasteiger partial charge in [-0.25, -0.2) is 14.6 Å². The minimum absolute atomic E-state index is 0.151. The summed E-state index contributed by atoms with van der Waals surface area (Å²) in [7, 11) is 1.69. The topological polar surface area (TPSA) is 103 Å². The van der Waals surface area contributed by atoms with Crippen molar-refractivity contribution in [1.29, 1.82) is 0 Å². The third-order valence-electron chi connectivity index (χ3n) is 8.20. The average Bonchev–Trinajstić information content (AvgIpc) is 3.76. The number of nitrogens with two attached hydrogens (primary N) is 2. The van der Waals surface area contributed by atoms with Crippen LogP contribution in [-0.2, 0) is 16.9 Å². The first-order valence-corrected chi connectivity index (χ1v) is 14.2. The summed E-state index contributed by atoms with van der Waals surface area (Å²) < 4.78 is 39.0. The summed E-state index contributed by atoms with van der Waals surface area (Å²) in [4.78, 5) is 4.62. The number of hydrogen-bond acceptors (Lipinski definition) is 6. The quantitative estimate of drug-likeness (QED) is 0.207. The lowest BCUT2D eigenvalue weighted by atomic mass is 9.89. The molecule has 1 saturated heterocycles.